The first-order chi connectivity index (χ1) is 32.6. The van der Waals surface area contributed by atoms with E-state index < -0.39 is 195 Å². The smallest absolute Gasteiger partial charge is 0.296 e. The predicted octanol–water partition coefficient (Wildman–Crippen LogP) is 12.4. The zero-order chi connectivity index (χ0) is 54.4. The van der Waals surface area contributed by atoms with Crippen molar-refractivity contribution in [1.82, 2.24) is 4.98 Å². The standard InChI is InChI=1S/C32H12BF24.C12H11N2O/c34-25(35,36)13-1-14(26(37,38)39)6-21(5-13)33(22-7-15(27(40,41)42)2-16(8-22)28(43,44)45,23-9-17(29(46,47)48)3-18(10-23)30(49,50)51)24-11-19(31(52,53)54)4-20(12-24)32(55,56)57;15-10-12-9-14(7-6-13-12)8-11-4-2-1-3-5-11/h1-12H;1-7,9-10H,8H2/q-1;+1. The number of benzene rings is 5. The van der Waals surface area contributed by atoms with Gasteiger partial charge in [-0.25, -0.2) is 4.98 Å². The Hall–Kier alpha value is -6.77. The van der Waals surface area contributed by atoms with Gasteiger partial charge in [0.25, 0.3) is 0 Å². The van der Waals surface area contributed by atoms with Crippen molar-refractivity contribution in [3.63, 3.8) is 0 Å². The Kier molecular flexibility index (Phi) is 15.1. The van der Waals surface area contributed by atoms with E-state index >= 15 is 0 Å². The zero-order valence-electron chi connectivity index (χ0n) is 34.8. The highest BCUT2D eigenvalue weighted by Crippen LogP contribution is 2.41. The van der Waals surface area contributed by atoms with Gasteiger partial charge in [-0.3, -0.25) is 4.79 Å². The average molecular weight is 1060 g/mol. The summed E-state index contributed by atoms with van der Waals surface area (Å²) in [4.78, 5) is 14.4. The Bertz CT molecular complexity index is 2470. The molecule has 0 aliphatic rings. The van der Waals surface area contributed by atoms with E-state index in [0.717, 1.165) is 12.8 Å². The molecule has 1 aromatic heterocycles. The second-order valence-corrected chi connectivity index (χ2v) is 15.5. The van der Waals surface area contributed by atoms with Crippen molar-refractivity contribution < 1.29 is 115 Å². The second kappa shape index (κ2) is 19.3. The van der Waals surface area contributed by atoms with Crippen LogP contribution in [-0.2, 0) is 56.0 Å². The molecule has 0 amide bonds. The van der Waals surface area contributed by atoms with Crippen LogP contribution >= 0.6 is 0 Å². The fourth-order valence-electron chi connectivity index (χ4n) is 7.48. The highest BCUT2D eigenvalue weighted by atomic mass is 19.4. The fraction of sp³-hybridized carbons (Fsp3) is 0.205. The van der Waals surface area contributed by atoms with Crippen LogP contribution in [-0.4, -0.2) is 17.4 Å². The summed E-state index contributed by atoms with van der Waals surface area (Å²) < 4.78 is 343. The molecule has 1 heterocycles. The third kappa shape index (κ3) is 13.0. The van der Waals surface area contributed by atoms with E-state index in [1.807, 2.05) is 41.1 Å². The van der Waals surface area contributed by atoms with Gasteiger partial charge in [0.2, 0.25) is 0 Å². The molecule has 6 rings (SSSR count). The molecule has 6 aromatic rings. The predicted molar refractivity (Wildman–Crippen MR) is 205 cm³/mol. The van der Waals surface area contributed by atoms with Gasteiger partial charge < -0.3 is 0 Å². The minimum atomic E-state index is -6.13. The van der Waals surface area contributed by atoms with Crippen LogP contribution in [0.4, 0.5) is 105 Å². The highest BCUT2D eigenvalue weighted by Gasteiger charge is 2.47. The van der Waals surface area contributed by atoms with Gasteiger partial charge in [-0.05, 0) is 24.3 Å². The SMILES string of the molecule is FC(F)(F)c1cc([B-](c2cc(C(F)(F)F)cc(C(F)(F)F)c2)(c2cc(C(F)(F)F)cc(C(F)(F)F)c2)c2cc(C(F)(F)F)cc(C(F)(F)F)c2)cc(C(F)(F)F)c1.O=Cc1c[n+](Cc2ccccc2)ccn1. The molecule has 0 atom stereocenters. The van der Waals surface area contributed by atoms with Gasteiger partial charge in [0.1, 0.15) is 6.15 Å². The van der Waals surface area contributed by atoms with Crippen molar-refractivity contribution in [1.29, 1.82) is 0 Å². The zero-order valence-corrected chi connectivity index (χ0v) is 34.8. The van der Waals surface area contributed by atoms with Gasteiger partial charge in [-0.15, -0.1) is 0 Å². The third-order valence-corrected chi connectivity index (χ3v) is 10.5. The van der Waals surface area contributed by atoms with Gasteiger partial charge in [0.05, 0.1) is 50.7 Å². The van der Waals surface area contributed by atoms with Crippen molar-refractivity contribution >= 4 is 34.3 Å². The first kappa shape index (κ1) is 56.2. The number of carbonyl (C=O) groups excluding carboxylic acids is 1. The maximum atomic E-state index is 14.2. The van der Waals surface area contributed by atoms with Crippen LogP contribution in [0.25, 0.3) is 0 Å². The van der Waals surface area contributed by atoms with Crippen molar-refractivity contribution in [3.05, 3.63) is 177 Å². The Balaban J connectivity index is 0.000000542. The van der Waals surface area contributed by atoms with Gasteiger partial charge in [0, 0.05) is 5.56 Å². The Labute approximate surface area is 387 Å². The highest BCUT2D eigenvalue weighted by molar-refractivity contribution is 7.20. The Morgan fingerprint density at radius 3 is 0.861 bits per heavy atom. The van der Waals surface area contributed by atoms with Crippen molar-refractivity contribution in [2.75, 3.05) is 0 Å². The molecule has 0 aliphatic carbocycles. The Morgan fingerprint density at radius 2 is 0.639 bits per heavy atom. The maximum Gasteiger partial charge on any atom is 0.416 e. The first-order valence-electron chi connectivity index (χ1n) is 19.3. The third-order valence-electron chi connectivity index (χ3n) is 10.5. The average Bonchev–Trinajstić information content (AvgIpc) is 3.24. The van der Waals surface area contributed by atoms with E-state index in [9.17, 15) is 110 Å². The topological polar surface area (TPSA) is 33.8 Å². The number of alkyl halides is 24. The summed E-state index contributed by atoms with van der Waals surface area (Å²) >= 11 is 0. The molecule has 3 nitrogen and oxygen atoms in total. The van der Waals surface area contributed by atoms with E-state index in [1.165, 1.54) is 5.56 Å². The van der Waals surface area contributed by atoms with Crippen LogP contribution in [0.15, 0.2) is 122 Å². The molecular weight excluding hydrogens is 1040 g/mol. The van der Waals surface area contributed by atoms with Crippen LogP contribution in [0.5, 0.6) is 0 Å². The number of halogens is 24. The summed E-state index contributed by atoms with van der Waals surface area (Å²) in [6, 6.07) is 1.27. The van der Waals surface area contributed by atoms with Crippen LogP contribution < -0.4 is 26.4 Å². The lowest BCUT2D eigenvalue weighted by Gasteiger charge is -2.46. The minimum absolute atomic E-state index is 0.452. The molecule has 386 valence electrons. The van der Waals surface area contributed by atoms with Gasteiger partial charge in [-0.1, -0.05) is 78.9 Å². The lowest BCUT2D eigenvalue weighted by atomic mass is 9.12. The van der Waals surface area contributed by atoms with E-state index in [4.69, 9.17) is 0 Å². The van der Waals surface area contributed by atoms with E-state index in [2.05, 4.69) is 4.98 Å². The van der Waals surface area contributed by atoms with Crippen LogP contribution in [0.2, 0.25) is 0 Å². The molecule has 0 fully saturated rings. The summed E-state index contributed by atoms with van der Waals surface area (Å²) in [6.07, 6.45) is -48.8. The summed E-state index contributed by atoms with van der Waals surface area (Å²) in [5.74, 6) is 0. The molecular formula is C44H23BF24N2O. The number of nitrogens with zero attached hydrogens (tertiary/aromatic N) is 2. The first-order valence-corrected chi connectivity index (χ1v) is 19.3. The number of hydrogen-bond acceptors (Lipinski definition) is 2. The minimum Gasteiger partial charge on any atom is -0.296 e. The fourth-order valence-corrected chi connectivity index (χ4v) is 7.48. The second-order valence-electron chi connectivity index (χ2n) is 15.5. The number of aromatic nitrogens is 2. The molecule has 0 saturated heterocycles. The number of hydrogen-bond donors (Lipinski definition) is 0. The Morgan fingerprint density at radius 1 is 0.389 bits per heavy atom. The number of aldehydes is 1. The van der Waals surface area contributed by atoms with Crippen molar-refractivity contribution in [2.45, 2.75) is 56.0 Å². The maximum absolute atomic E-state index is 14.2. The quantitative estimate of drug-likeness (QED) is 0.0691. The lowest BCUT2D eigenvalue weighted by Crippen LogP contribution is -2.75. The summed E-state index contributed by atoms with van der Waals surface area (Å²) in [5.41, 5.74) is -28.6. The van der Waals surface area contributed by atoms with Crippen molar-refractivity contribution in [3.8, 4) is 0 Å². The van der Waals surface area contributed by atoms with Crippen LogP contribution in [0.3, 0.4) is 0 Å². The van der Waals surface area contributed by atoms with Crippen molar-refractivity contribution in [2.24, 2.45) is 0 Å². The van der Waals surface area contributed by atoms with E-state index in [0.29, 0.717) is 5.69 Å². The molecule has 0 N–H and O–H groups in total. The largest absolute Gasteiger partial charge is 0.416 e. The van der Waals surface area contributed by atoms with Gasteiger partial charge in [0.15, 0.2) is 30.9 Å². The summed E-state index contributed by atoms with van der Waals surface area (Å²) in [6.45, 7) is 0.754. The monoisotopic (exact) mass is 1060 g/mol. The molecule has 0 spiro atoms. The molecule has 0 saturated carbocycles. The van der Waals surface area contributed by atoms with Crippen LogP contribution in [0, 0.1) is 0 Å². The van der Waals surface area contributed by atoms with Crippen LogP contribution in [0.1, 0.15) is 60.6 Å². The summed E-state index contributed by atoms with van der Waals surface area (Å²) in [5, 5.41) is 0. The number of rotatable bonds is 7. The molecule has 0 aliphatic heterocycles. The van der Waals surface area contributed by atoms with Gasteiger partial charge >= 0.3 is 49.4 Å². The molecule has 0 bridgehead atoms. The normalized spacial score (nSPS) is 13.4. The number of carbonyl (C=O) groups is 1. The molecule has 28 heteroatoms. The molecule has 72 heavy (non-hydrogen) atoms. The molecule has 0 unspecified atom stereocenters. The van der Waals surface area contributed by atoms with E-state index in [1.54, 1.807) is 12.4 Å². The van der Waals surface area contributed by atoms with Gasteiger partial charge in [-0.2, -0.15) is 132 Å². The molecule has 5 aromatic carbocycles. The summed E-state index contributed by atoms with van der Waals surface area (Å²) in [7, 11) is 0. The van der Waals surface area contributed by atoms with E-state index in [-0.39, 0.29) is 0 Å². The lowest BCUT2D eigenvalue weighted by molar-refractivity contribution is -0.688. The molecule has 0 radical (unpaired) electrons.